The second-order valence-electron chi connectivity index (χ2n) is 7.10. The van der Waals surface area contributed by atoms with Gasteiger partial charge in [0.25, 0.3) is 0 Å². The van der Waals surface area contributed by atoms with Gasteiger partial charge in [0.05, 0.1) is 18.7 Å². The van der Waals surface area contributed by atoms with E-state index in [4.69, 9.17) is 9.73 Å². The molecule has 1 saturated heterocycles. The molecular weight excluding hydrogens is 511 g/mol. The Balaban J connectivity index is 0.00000320. The molecule has 0 saturated carbocycles. The van der Waals surface area contributed by atoms with Crippen LogP contribution in [0.3, 0.4) is 0 Å². The second kappa shape index (κ2) is 13.9. The molecule has 0 bridgehead atoms. The van der Waals surface area contributed by atoms with Gasteiger partial charge in [-0.2, -0.15) is 0 Å². The Hall–Kier alpha value is -1.33. The number of benzene rings is 1. The lowest BCUT2D eigenvalue weighted by Gasteiger charge is -2.23. The maximum atomic E-state index is 5.82. The molecular formula is C21H33IN6OS. The van der Waals surface area contributed by atoms with Crippen LogP contribution in [-0.2, 0) is 17.7 Å². The van der Waals surface area contributed by atoms with E-state index in [1.165, 1.54) is 4.90 Å². The minimum Gasteiger partial charge on any atom is -0.376 e. The zero-order valence-corrected chi connectivity index (χ0v) is 20.9. The van der Waals surface area contributed by atoms with Gasteiger partial charge in [0, 0.05) is 36.8 Å². The summed E-state index contributed by atoms with van der Waals surface area (Å²) in [6, 6.07) is 10.7. The van der Waals surface area contributed by atoms with E-state index in [1.54, 1.807) is 6.33 Å². The van der Waals surface area contributed by atoms with Crippen LogP contribution in [0.25, 0.3) is 0 Å². The summed E-state index contributed by atoms with van der Waals surface area (Å²) in [5.74, 6) is 2.81. The number of aliphatic imine (C=N–C) groups is 1. The van der Waals surface area contributed by atoms with Crippen molar-refractivity contribution in [3.63, 3.8) is 0 Å². The van der Waals surface area contributed by atoms with Gasteiger partial charge in [-0.05, 0) is 31.9 Å². The molecule has 2 aromatic rings. The summed E-state index contributed by atoms with van der Waals surface area (Å²) in [5, 5.41) is 15.1. The highest BCUT2D eigenvalue weighted by Crippen LogP contribution is 2.16. The molecule has 0 spiro atoms. The van der Waals surface area contributed by atoms with Gasteiger partial charge in [0.15, 0.2) is 5.96 Å². The van der Waals surface area contributed by atoms with E-state index in [0.717, 1.165) is 56.5 Å². The van der Waals surface area contributed by atoms with Crippen molar-refractivity contribution in [3.05, 3.63) is 42.5 Å². The van der Waals surface area contributed by atoms with Gasteiger partial charge in [0.2, 0.25) is 0 Å². The number of halogens is 1. The Morgan fingerprint density at radius 2 is 2.20 bits per heavy atom. The molecule has 166 valence electrons. The highest BCUT2D eigenvalue weighted by atomic mass is 127. The molecule has 30 heavy (non-hydrogen) atoms. The van der Waals surface area contributed by atoms with Crippen molar-refractivity contribution in [2.24, 2.45) is 4.99 Å². The third kappa shape index (κ3) is 8.07. The van der Waals surface area contributed by atoms with Crippen molar-refractivity contribution in [3.8, 4) is 0 Å². The molecule has 1 aliphatic heterocycles. The van der Waals surface area contributed by atoms with Gasteiger partial charge in [-0.25, -0.2) is 0 Å². The second-order valence-corrected chi connectivity index (χ2v) is 8.27. The van der Waals surface area contributed by atoms with Crippen molar-refractivity contribution in [1.29, 1.82) is 0 Å². The zero-order chi connectivity index (χ0) is 20.3. The number of nitrogens with one attached hydrogen (secondary N) is 2. The van der Waals surface area contributed by atoms with Crippen LogP contribution in [0.2, 0.25) is 0 Å². The van der Waals surface area contributed by atoms with Gasteiger partial charge >= 0.3 is 0 Å². The molecule has 1 aromatic carbocycles. The van der Waals surface area contributed by atoms with E-state index >= 15 is 0 Å². The minimum absolute atomic E-state index is 0. The number of hydrogen-bond donors (Lipinski definition) is 2. The smallest absolute Gasteiger partial charge is 0.191 e. The van der Waals surface area contributed by atoms with E-state index in [9.17, 15) is 0 Å². The van der Waals surface area contributed by atoms with Crippen molar-refractivity contribution in [2.45, 2.75) is 56.7 Å². The van der Waals surface area contributed by atoms with Crippen LogP contribution >= 0.6 is 35.7 Å². The molecule has 3 rings (SSSR count). The Bertz CT molecular complexity index is 751. The fourth-order valence-corrected chi connectivity index (χ4v) is 4.11. The lowest BCUT2D eigenvalue weighted by Crippen LogP contribution is -2.47. The fourth-order valence-electron chi connectivity index (χ4n) is 3.32. The third-order valence-electron chi connectivity index (χ3n) is 4.92. The highest BCUT2D eigenvalue weighted by Gasteiger charge is 2.23. The summed E-state index contributed by atoms with van der Waals surface area (Å²) in [6.45, 7) is 7.40. The first-order chi connectivity index (χ1) is 14.3. The summed E-state index contributed by atoms with van der Waals surface area (Å²) >= 11 is 1.84. The van der Waals surface area contributed by atoms with Crippen LogP contribution in [0.4, 0.5) is 0 Å². The Labute approximate surface area is 200 Å². The molecule has 1 aromatic heterocycles. The predicted octanol–water partition coefficient (Wildman–Crippen LogP) is 3.35. The largest absolute Gasteiger partial charge is 0.376 e. The maximum absolute atomic E-state index is 5.82. The van der Waals surface area contributed by atoms with Crippen LogP contribution in [-0.4, -0.2) is 58.3 Å². The van der Waals surface area contributed by atoms with Crippen molar-refractivity contribution < 1.29 is 4.74 Å². The number of guanidine groups is 1. The molecule has 0 aliphatic carbocycles. The van der Waals surface area contributed by atoms with Crippen LogP contribution < -0.4 is 10.6 Å². The third-order valence-corrected chi connectivity index (χ3v) is 5.93. The lowest BCUT2D eigenvalue weighted by molar-refractivity contribution is 0.0890. The monoisotopic (exact) mass is 544 g/mol. The SMILES string of the molecule is CCc1nncn1CCN=C(NCCSc1ccccc1)NC(C)C1CCCO1.I. The van der Waals surface area contributed by atoms with Crippen LogP contribution in [0.1, 0.15) is 32.5 Å². The van der Waals surface area contributed by atoms with Gasteiger partial charge in [-0.15, -0.1) is 45.9 Å². The zero-order valence-electron chi connectivity index (χ0n) is 17.8. The minimum atomic E-state index is 0. The molecule has 0 radical (unpaired) electrons. The van der Waals surface area contributed by atoms with E-state index in [0.29, 0.717) is 6.54 Å². The van der Waals surface area contributed by atoms with Gasteiger partial charge in [-0.3, -0.25) is 4.99 Å². The molecule has 2 unspecified atom stereocenters. The van der Waals surface area contributed by atoms with Crippen molar-refractivity contribution in [1.82, 2.24) is 25.4 Å². The summed E-state index contributed by atoms with van der Waals surface area (Å²) < 4.78 is 7.89. The van der Waals surface area contributed by atoms with Crippen molar-refractivity contribution in [2.75, 3.05) is 25.4 Å². The number of aryl methyl sites for hydroxylation is 1. The van der Waals surface area contributed by atoms with Gasteiger partial charge in [0.1, 0.15) is 12.2 Å². The molecule has 2 N–H and O–H groups in total. The average Bonchev–Trinajstić information content (AvgIpc) is 3.43. The van der Waals surface area contributed by atoms with Gasteiger partial charge in [-0.1, -0.05) is 25.1 Å². The first-order valence-electron chi connectivity index (χ1n) is 10.5. The summed E-state index contributed by atoms with van der Waals surface area (Å²) in [6.07, 6.45) is 5.15. The number of thioether (sulfide) groups is 1. The molecule has 7 nitrogen and oxygen atoms in total. The van der Waals surface area contributed by atoms with E-state index in [1.807, 2.05) is 17.8 Å². The quantitative estimate of drug-likeness (QED) is 0.157. The average molecular weight is 545 g/mol. The molecule has 2 heterocycles. The number of aromatic nitrogens is 3. The Kier molecular flexibility index (Phi) is 11.5. The predicted molar refractivity (Wildman–Crippen MR) is 134 cm³/mol. The molecule has 2 atom stereocenters. The number of nitrogens with zero attached hydrogens (tertiary/aromatic N) is 4. The van der Waals surface area contributed by atoms with Crippen LogP contribution in [0.15, 0.2) is 46.5 Å². The van der Waals surface area contributed by atoms with E-state index in [2.05, 4.69) is 63.5 Å². The molecule has 1 fully saturated rings. The fraction of sp³-hybridized carbons (Fsp3) is 0.571. The van der Waals surface area contributed by atoms with E-state index < -0.39 is 0 Å². The molecule has 0 amide bonds. The number of rotatable bonds is 10. The van der Waals surface area contributed by atoms with E-state index in [-0.39, 0.29) is 36.1 Å². The van der Waals surface area contributed by atoms with Crippen LogP contribution in [0.5, 0.6) is 0 Å². The normalized spacial score (nSPS) is 17.4. The van der Waals surface area contributed by atoms with Crippen LogP contribution in [0, 0.1) is 0 Å². The maximum Gasteiger partial charge on any atom is 0.191 e. The Morgan fingerprint density at radius 1 is 1.37 bits per heavy atom. The number of ether oxygens (including phenoxy) is 1. The standard InChI is InChI=1S/C21H32N6OS.HI/c1-3-20-26-24-16-27(20)13-11-22-21(25-17(2)19-10-7-14-28-19)23-12-15-29-18-8-5-4-6-9-18;/h4-6,8-9,16-17,19H,3,7,10-15H2,1-2H3,(H2,22,23,25);1H. The van der Waals surface area contributed by atoms with Crippen molar-refractivity contribution >= 4 is 41.7 Å². The molecule has 9 heteroatoms. The highest BCUT2D eigenvalue weighted by molar-refractivity contribution is 14.0. The Morgan fingerprint density at radius 3 is 2.93 bits per heavy atom. The summed E-state index contributed by atoms with van der Waals surface area (Å²) in [5.41, 5.74) is 0. The summed E-state index contributed by atoms with van der Waals surface area (Å²) in [7, 11) is 0. The first kappa shape index (κ1) is 24.9. The lowest BCUT2D eigenvalue weighted by atomic mass is 10.1. The topological polar surface area (TPSA) is 76.4 Å². The molecule has 1 aliphatic rings. The number of hydrogen-bond acceptors (Lipinski definition) is 5. The summed E-state index contributed by atoms with van der Waals surface area (Å²) in [4.78, 5) is 6.07. The first-order valence-corrected chi connectivity index (χ1v) is 11.5. The van der Waals surface area contributed by atoms with Gasteiger partial charge < -0.3 is 19.9 Å².